The van der Waals surface area contributed by atoms with E-state index in [1.807, 2.05) is 33.3 Å². The van der Waals surface area contributed by atoms with E-state index in [2.05, 4.69) is 26.4 Å². The fourth-order valence-corrected chi connectivity index (χ4v) is 4.80. The molecule has 5 rings (SSSR count). The number of likely N-dealkylation sites (tertiary alicyclic amines) is 1. The Morgan fingerprint density at radius 3 is 2.62 bits per heavy atom. The number of hydrogen-bond donors (Lipinski definition) is 0. The van der Waals surface area contributed by atoms with Gasteiger partial charge in [0, 0.05) is 44.5 Å². The average molecular weight is 470 g/mol. The molecule has 0 atom stereocenters. The number of amides is 1. The molecule has 1 amide bonds. The number of carbonyl (C=O) groups is 1. The molecule has 34 heavy (non-hydrogen) atoms. The Morgan fingerprint density at radius 1 is 1.06 bits per heavy atom. The van der Waals surface area contributed by atoms with Crippen LogP contribution in [-0.2, 0) is 30.8 Å². The van der Waals surface area contributed by atoms with Crippen molar-refractivity contribution in [1.29, 1.82) is 0 Å². The summed E-state index contributed by atoms with van der Waals surface area (Å²) in [5, 5.41) is 0. The second kappa shape index (κ2) is 9.05. The molecular formula is C24H35N7O3. The molecule has 0 aliphatic carbocycles. The first kappa shape index (κ1) is 22.9. The van der Waals surface area contributed by atoms with Gasteiger partial charge in [-0.3, -0.25) is 0 Å². The lowest BCUT2D eigenvalue weighted by atomic mass is 10.0. The van der Waals surface area contributed by atoms with Crippen molar-refractivity contribution >= 4 is 11.9 Å². The largest absolute Gasteiger partial charge is 0.460 e. The number of carbonyl (C=O) groups excluding carboxylic acids is 1. The van der Waals surface area contributed by atoms with E-state index in [4.69, 9.17) is 19.4 Å². The van der Waals surface area contributed by atoms with E-state index < -0.39 is 5.60 Å². The van der Waals surface area contributed by atoms with Crippen molar-refractivity contribution in [2.24, 2.45) is 0 Å². The van der Waals surface area contributed by atoms with Gasteiger partial charge in [-0.15, -0.1) is 0 Å². The van der Waals surface area contributed by atoms with Crippen LogP contribution in [0.5, 0.6) is 6.01 Å². The van der Waals surface area contributed by atoms with E-state index in [9.17, 15) is 4.79 Å². The molecule has 3 aliphatic heterocycles. The van der Waals surface area contributed by atoms with Gasteiger partial charge in [0.25, 0.3) is 0 Å². The fourth-order valence-electron chi connectivity index (χ4n) is 4.80. The first-order chi connectivity index (χ1) is 16.2. The molecule has 2 aromatic rings. The normalized spacial score (nSPS) is 19.5. The number of hydrogen-bond acceptors (Lipinski definition) is 8. The molecule has 0 spiro atoms. The zero-order chi connectivity index (χ0) is 23.9. The van der Waals surface area contributed by atoms with Gasteiger partial charge in [0.1, 0.15) is 17.5 Å². The van der Waals surface area contributed by atoms with E-state index in [0.29, 0.717) is 25.5 Å². The number of anilines is 1. The maximum atomic E-state index is 12.8. The Balaban J connectivity index is 1.42. The van der Waals surface area contributed by atoms with Crippen LogP contribution in [0.1, 0.15) is 50.6 Å². The second-order valence-corrected chi connectivity index (χ2v) is 10.5. The number of fused-ring (bicyclic) bond motifs is 2. The second-order valence-electron chi connectivity index (χ2n) is 10.5. The van der Waals surface area contributed by atoms with Crippen molar-refractivity contribution in [2.45, 2.75) is 71.4 Å². The van der Waals surface area contributed by atoms with Crippen molar-refractivity contribution in [3.63, 3.8) is 0 Å². The predicted octanol–water partition coefficient (Wildman–Crippen LogP) is 2.46. The highest BCUT2D eigenvalue weighted by Crippen LogP contribution is 2.32. The predicted molar refractivity (Wildman–Crippen MR) is 127 cm³/mol. The standard InChI is InChI=1S/C24H35N7O3/c1-24(2,3)34-23(32)30-10-7-19-20(15-30)26-22(33-18-5-8-28(4)9-6-18)27-21(19)29-11-12-31-16-25-13-17(31)14-29/h13,16,18H,5-12,14-15H2,1-4H3. The number of rotatable bonds is 3. The van der Waals surface area contributed by atoms with Gasteiger partial charge in [0.2, 0.25) is 0 Å². The highest BCUT2D eigenvalue weighted by molar-refractivity contribution is 5.69. The van der Waals surface area contributed by atoms with E-state index in [1.165, 1.54) is 5.69 Å². The number of imidazole rings is 1. The summed E-state index contributed by atoms with van der Waals surface area (Å²) in [6, 6.07) is 0.411. The van der Waals surface area contributed by atoms with Crippen molar-refractivity contribution < 1.29 is 14.3 Å². The first-order valence-corrected chi connectivity index (χ1v) is 12.2. The molecule has 10 nitrogen and oxygen atoms in total. The molecule has 1 fully saturated rings. The molecule has 0 N–H and O–H groups in total. The number of nitrogens with zero attached hydrogens (tertiary/aromatic N) is 7. The Labute approximate surface area is 200 Å². The molecule has 1 saturated heterocycles. The summed E-state index contributed by atoms with van der Waals surface area (Å²) in [5.41, 5.74) is 2.59. The fraction of sp³-hybridized carbons (Fsp3) is 0.667. The monoisotopic (exact) mass is 469 g/mol. The number of aromatic nitrogens is 4. The summed E-state index contributed by atoms with van der Waals surface area (Å²) in [6.45, 7) is 11.1. The Hall–Kier alpha value is -2.88. The smallest absolute Gasteiger partial charge is 0.410 e. The van der Waals surface area contributed by atoms with E-state index in [1.54, 1.807) is 4.90 Å². The molecule has 2 aromatic heterocycles. The van der Waals surface area contributed by atoms with Crippen LogP contribution in [0.2, 0.25) is 0 Å². The quantitative estimate of drug-likeness (QED) is 0.677. The van der Waals surface area contributed by atoms with E-state index in [0.717, 1.165) is 62.6 Å². The summed E-state index contributed by atoms with van der Waals surface area (Å²) in [4.78, 5) is 33.1. The topological polar surface area (TPSA) is 88.9 Å². The highest BCUT2D eigenvalue weighted by Gasteiger charge is 2.32. The van der Waals surface area contributed by atoms with E-state index >= 15 is 0 Å². The van der Waals surface area contributed by atoms with Crippen molar-refractivity contribution in [3.8, 4) is 6.01 Å². The minimum atomic E-state index is -0.534. The Morgan fingerprint density at radius 2 is 1.85 bits per heavy atom. The molecule has 0 radical (unpaired) electrons. The zero-order valence-corrected chi connectivity index (χ0v) is 20.7. The molecule has 184 valence electrons. The lowest BCUT2D eigenvalue weighted by Crippen LogP contribution is -2.42. The average Bonchev–Trinajstić information content (AvgIpc) is 3.26. The van der Waals surface area contributed by atoms with Crippen LogP contribution < -0.4 is 9.64 Å². The van der Waals surface area contributed by atoms with E-state index in [-0.39, 0.29) is 12.2 Å². The molecule has 0 saturated carbocycles. The van der Waals surface area contributed by atoms with Gasteiger partial charge in [-0.05, 0) is 47.1 Å². The Kier molecular flexibility index (Phi) is 6.09. The van der Waals surface area contributed by atoms with Crippen LogP contribution in [0, 0.1) is 0 Å². The minimum absolute atomic E-state index is 0.107. The third-order valence-corrected chi connectivity index (χ3v) is 6.67. The molecule has 0 unspecified atom stereocenters. The molecular weight excluding hydrogens is 434 g/mol. The van der Waals surface area contributed by atoms with Crippen molar-refractivity contribution in [3.05, 3.63) is 29.5 Å². The van der Waals surface area contributed by atoms with Gasteiger partial charge in [-0.1, -0.05) is 0 Å². The maximum Gasteiger partial charge on any atom is 0.410 e. The maximum absolute atomic E-state index is 12.8. The van der Waals surface area contributed by atoms with Gasteiger partial charge in [0.05, 0.1) is 30.8 Å². The van der Waals surface area contributed by atoms with Crippen LogP contribution >= 0.6 is 0 Å². The molecule has 0 aromatic carbocycles. The van der Waals surface area contributed by atoms with Gasteiger partial charge in [-0.2, -0.15) is 9.97 Å². The van der Waals surface area contributed by atoms with Crippen LogP contribution in [-0.4, -0.2) is 80.3 Å². The van der Waals surface area contributed by atoms with Crippen LogP contribution in [0.25, 0.3) is 0 Å². The van der Waals surface area contributed by atoms with Crippen LogP contribution in [0.3, 0.4) is 0 Å². The first-order valence-electron chi connectivity index (χ1n) is 12.2. The Bertz CT molecular complexity index is 1040. The summed E-state index contributed by atoms with van der Waals surface area (Å²) in [5.74, 6) is 0.921. The van der Waals surface area contributed by atoms with Crippen molar-refractivity contribution in [2.75, 3.05) is 38.1 Å². The summed E-state index contributed by atoms with van der Waals surface area (Å²) < 4.78 is 14.1. The summed E-state index contributed by atoms with van der Waals surface area (Å²) in [6.07, 6.45) is 6.20. The molecule has 5 heterocycles. The van der Waals surface area contributed by atoms with Gasteiger partial charge in [-0.25, -0.2) is 9.78 Å². The summed E-state index contributed by atoms with van der Waals surface area (Å²) >= 11 is 0. The minimum Gasteiger partial charge on any atom is -0.460 e. The van der Waals surface area contributed by atoms with Gasteiger partial charge < -0.3 is 28.7 Å². The molecule has 3 aliphatic rings. The zero-order valence-electron chi connectivity index (χ0n) is 20.7. The third kappa shape index (κ3) is 4.96. The van der Waals surface area contributed by atoms with Crippen LogP contribution in [0.15, 0.2) is 12.5 Å². The van der Waals surface area contributed by atoms with Crippen molar-refractivity contribution in [1.82, 2.24) is 29.3 Å². The lowest BCUT2D eigenvalue weighted by molar-refractivity contribution is 0.0219. The molecule has 10 heteroatoms. The van der Waals surface area contributed by atoms with Gasteiger partial charge in [0.15, 0.2) is 0 Å². The lowest BCUT2D eigenvalue weighted by Gasteiger charge is -2.35. The molecule has 0 bridgehead atoms. The summed E-state index contributed by atoms with van der Waals surface area (Å²) in [7, 11) is 2.13. The number of ether oxygens (including phenoxy) is 2. The highest BCUT2D eigenvalue weighted by atomic mass is 16.6. The SMILES string of the molecule is CN1CCC(Oc2nc3c(c(N4CCn5cncc5C4)n2)CCN(C(=O)OC(C)(C)C)C3)CC1. The third-order valence-electron chi connectivity index (χ3n) is 6.67. The van der Waals surface area contributed by atoms with Gasteiger partial charge >= 0.3 is 12.1 Å². The van der Waals surface area contributed by atoms with Crippen LogP contribution in [0.4, 0.5) is 10.6 Å². The number of piperidine rings is 1.